The van der Waals surface area contributed by atoms with E-state index in [2.05, 4.69) is 5.32 Å². The Kier molecular flexibility index (Phi) is 5.44. The highest BCUT2D eigenvalue weighted by atomic mass is 16.1. The molecule has 1 fully saturated rings. The molecule has 0 spiro atoms. The number of carbonyl (C=O) groups is 1. The lowest BCUT2D eigenvalue weighted by molar-refractivity contribution is -0.123. The first-order valence-corrected chi connectivity index (χ1v) is 6.98. The maximum atomic E-state index is 12.0. The van der Waals surface area contributed by atoms with Gasteiger partial charge in [-0.1, -0.05) is 25.7 Å². The molecule has 1 atom stereocenters. The molecule has 0 saturated heterocycles. The van der Waals surface area contributed by atoms with E-state index in [1.807, 2.05) is 20.8 Å². The summed E-state index contributed by atoms with van der Waals surface area (Å²) in [6.07, 6.45) is 8.35. The number of rotatable bonds is 4. The molecule has 0 aromatic heterocycles. The monoisotopic (exact) mass is 240 g/mol. The summed E-state index contributed by atoms with van der Waals surface area (Å²) in [6, 6.07) is -0.0272. The molecule has 0 radical (unpaired) electrons. The summed E-state index contributed by atoms with van der Waals surface area (Å²) >= 11 is 0. The fourth-order valence-electron chi connectivity index (χ4n) is 2.35. The van der Waals surface area contributed by atoms with Crippen molar-refractivity contribution in [3.8, 4) is 0 Å². The van der Waals surface area contributed by atoms with Crippen LogP contribution in [0, 0.1) is 5.92 Å². The van der Waals surface area contributed by atoms with Gasteiger partial charge in [0, 0.05) is 18.0 Å². The molecule has 1 rings (SSSR count). The van der Waals surface area contributed by atoms with E-state index in [1.165, 1.54) is 38.5 Å². The Labute approximate surface area is 106 Å². The van der Waals surface area contributed by atoms with E-state index >= 15 is 0 Å². The molecule has 3 heteroatoms. The summed E-state index contributed by atoms with van der Waals surface area (Å²) in [6.45, 7) is 5.91. The van der Waals surface area contributed by atoms with Gasteiger partial charge in [0.05, 0.1) is 0 Å². The molecule has 1 saturated carbocycles. The van der Waals surface area contributed by atoms with Gasteiger partial charge >= 0.3 is 0 Å². The lowest BCUT2D eigenvalue weighted by Gasteiger charge is -2.31. The van der Waals surface area contributed by atoms with Crippen LogP contribution in [0.2, 0.25) is 0 Å². The summed E-state index contributed by atoms with van der Waals surface area (Å²) in [4.78, 5) is 12.0. The van der Waals surface area contributed by atoms with Crippen LogP contribution in [-0.2, 0) is 4.79 Å². The molecule has 1 unspecified atom stereocenters. The Balaban J connectivity index is 2.38. The molecule has 1 aliphatic rings. The van der Waals surface area contributed by atoms with Crippen molar-refractivity contribution < 1.29 is 4.79 Å². The fraction of sp³-hybridized carbons (Fsp3) is 0.929. The van der Waals surface area contributed by atoms with Gasteiger partial charge in [0.25, 0.3) is 0 Å². The summed E-state index contributed by atoms with van der Waals surface area (Å²) in [5.41, 5.74) is 5.56. The van der Waals surface area contributed by atoms with Crippen molar-refractivity contribution in [2.45, 2.75) is 77.3 Å². The highest BCUT2D eigenvalue weighted by molar-refractivity contribution is 5.77. The first-order valence-electron chi connectivity index (χ1n) is 6.98. The van der Waals surface area contributed by atoms with Crippen LogP contribution in [0.15, 0.2) is 0 Å². The minimum Gasteiger partial charge on any atom is -0.350 e. The fourth-order valence-corrected chi connectivity index (χ4v) is 2.35. The van der Waals surface area contributed by atoms with Crippen LogP contribution in [-0.4, -0.2) is 17.5 Å². The SMILES string of the molecule is CC(N)C(C)(C)NC(=O)CC1CCCCCC1. The zero-order valence-corrected chi connectivity index (χ0v) is 11.6. The van der Waals surface area contributed by atoms with Gasteiger partial charge in [0.2, 0.25) is 5.91 Å². The third-order valence-corrected chi connectivity index (χ3v) is 4.05. The quantitative estimate of drug-likeness (QED) is 0.742. The Morgan fingerprint density at radius 1 is 1.29 bits per heavy atom. The third kappa shape index (κ3) is 5.07. The highest BCUT2D eigenvalue weighted by Gasteiger charge is 2.26. The predicted molar refractivity (Wildman–Crippen MR) is 71.7 cm³/mol. The van der Waals surface area contributed by atoms with Crippen molar-refractivity contribution in [2.75, 3.05) is 0 Å². The van der Waals surface area contributed by atoms with Gasteiger partial charge in [-0.15, -0.1) is 0 Å². The van der Waals surface area contributed by atoms with E-state index < -0.39 is 0 Å². The van der Waals surface area contributed by atoms with Crippen LogP contribution in [0.4, 0.5) is 0 Å². The zero-order chi connectivity index (χ0) is 12.9. The number of nitrogens with one attached hydrogen (secondary N) is 1. The van der Waals surface area contributed by atoms with E-state index in [1.54, 1.807) is 0 Å². The van der Waals surface area contributed by atoms with Gasteiger partial charge in [0.1, 0.15) is 0 Å². The van der Waals surface area contributed by atoms with Gasteiger partial charge in [-0.3, -0.25) is 4.79 Å². The summed E-state index contributed by atoms with van der Waals surface area (Å²) in [7, 11) is 0. The van der Waals surface area contributed by atoms with Crippen molar-refractivity contribution >= 4 is 5.91 Å². The molecule has 0 aliphatic heterocycles. The molecular formula is C14H28N2O. The molecule has 0 bridgehead atoms. The number of carbonyl (C=O) groups excluding carboxylic acids is 1. The van der Waals surface area contributed by atoms with Crippen LogP contribution >= 0.6 is 0 Å². The number of hydrogen-bond acceptors (Lipinski definition) is 2. The molecule has 17 heavy (non-hydrogen) atoms. The van der Waals surface area contributed by atoms with Crippen LogP contribution in [0.3, 0.4) is 0 Å². The number of nitrogens with two attached hydrogens (primary N) is 1. The number of hydrogen-bond donors (Lipinski definition) is 2. The lowest BCUT2D eigenvalue weighted by atomic mass is 9.93. The topological polar surface area (TPSA) is 55.1 Å². The Bertz CT molecular complexity index is 241. The normalized spacial score (nSPS) is 20.7. The first-order chi connectivity index (χ1) is 7.92. The second-order valence-corrected chi connectivity index (χ2v) is 6.12. The molecule has 3 N–H and O–H groups in total. The second kappa shape index (κ2) is 6.39. The predicted octanol–water partition coefficient (Wildman–Crippen LogP) is 2.59. The maximum Gasteiger partial charge on any atom is 0.220 e. The Morgan fingerprint density at radius 3 is 2.29 bits per heavy atom. The first kappa shape index (κ1) is 14.5. The van der Waals surface area contributed by atoms with Gasteiger partial charge in [-0.25, -0.2) is 0 Å². The minimum absolute atomic E-state index is 0.0272. The maximum absolute atomic E-state index is 12.0. The summed E-state index contributed by atoms with van der Waals surface area (Å²) in [5.74, 6) is 0.751. The van der Waals surface area contributed by atoms with E-state index in [0.717, 1.165) is 0 Å². The standard InChI is InChI=1S/C14H28N2O/c1-11(15)14(2,3)16-13(17)10-12-8-6-4-5-7-9-12/h11-12H,4-10,15H2,1-3H3,(H,16,17). The van der Waals surface area contributed by atoms with Crippen molar-refractivity contribution in [3.63, 3.8) is 0 Å². The summed E-state index contributed by atoms with van der Waals surface area (Å²) < 4.78 is 0. The van der Waals surface area contributed by atoms with Crippen molar-refractivity contribution in [2.24, 2.45) is 11.7 Å². The van der Waals surface area contributed by atoms with Crippen LogP contribution in [0.25, 0.3) is 0 Å². The molecule has 0 aromatic rings. The van der Waals surface area contributed by atoms with E-state index in [9.17, 15) is 4.79 Å². The largest absolute Gasteiger partial charge is 0.350 e. The zero-order valence-electron chi connectivity index (χ0n) is 11.6. The Hall–Kier alpha value is -0.570. The van der Waals surface area contributed by atoms with E-state index in [0.29, 0.717) is 12.3 Å². The molecule has 3 nitrogen and oxygen atoms in total. The van der Waals surface area contributed by atoms with Crippen LogP contribution < -0.4 is 11.1 Å². The Morgan fingerprint density at radius 2 is 1.82 bits per heavy atom. The molecular weight excluding hydrogens is 212 g/mol. The molecule has 1 amide bonds. The molecule has 0 heterocycles. The van der Waals surface area contributed by atoms with E-state index in [-0.39, 0.29) is 17.5 Å². The van der Waals surface area contributed by atoms with Gasteiger partial charge in [-0.05, 0) is 39.5 Å². The van der Waals surface area contributed by atoms with E-state index in [4.69, 9.17) is 5.73 Å². The smallest absolute Gasteiger partial charge is 0.220 e. The van der Waals surface area contributed by atoms with Crippen LogP contribution in [0.1, 0.15) is 65.7 Å². The number of amides is 1. The lowest BCUT2D eigenvalue weighted by Crippen LogP contribution is -2.54. The molecule has 0 aromatic carbocycles. The van der Waals surface area contributed by atoms with Crippen molar-refractivity contribution in [1.29, 1.82) is 0 Å². The third-order valence-electron chi connectivity index (χ3n) is 4.05. The van der Waals surface area contributed by atoms with Crippen molar-refractivity contribution in [1.82, 2.24) is 5.32 Å². The van der Waals surface area contributed by atoms with Gasteiger partial charge in [0.15, 0.2) is 0 Å². The summed E-state index contributed by atoms with van der Waals surface area (Å²) in [5, 5.41) is 3.06. The average Bonchev–Trinajstić information content (AvgIpc) is 2.45. The second-order valence-electron chi connectivity index (χ2n) is 6.12. The van der Waals surface area contributed by atoms with Crippen LogP contribution in [0.5, 0.6) is 0 Å². The minimum atomic E-state index is -0.304. The average molecular weight is 240 g/mol. The van der Waals surface area contributed by atoms with Gasteiger partial charge in [-0.2, -0.15) is 0 Å². The van der Waals surface area contributed by atoms with Gasteiger partial charge < -0.3 is 11.1 Å². The molecule has 100 valence electrons. The highest BCUT2D eigenvalue weighted by Crippen LogP contribution is 2.25. The molecule has 1 aliphatic carbocycles. The van der Waals surface area contributed by atoms with Crippen molar-refractivity contribution in [3.05, 3.63) is 0 Å².